The second-order valence-corrected chi connectivity index (χ2v) is 9.01. The van der Waals surface area contributed by atoms with E-state index in [0.29, 0.717) is 34.5 Å². The molecule has 0 N–H and O–H groups in total. The van der Waals surface area contributed by atoms with E-state index in [0.717, 1.165) is 29.0 Å². The largest absolute Gasteiger partial charge is 0.493 e. The molecule has 7 nitrogen and oxygen atoms in total. The summed E-state index contributed by atoms with van der Waals surface area (Å²) in [7, 11) is 3.10. The van der Waals surface area contributed by atoms with Gasteiger partial charge in [-0.1, -0.05) is 29.8 Å². The van der Waals surface area contributed by atoms with Crippen molar-refractivity contribution in [2.75, 3.05) is 20.8 Å². The van der Waals surface area contributed by atoms with Gasteiger partial charge in [-0.05, 0) is 49.6 Å². The predicted molar refractivity (Wildman–Crippen MR) is 131 cm³/mol. The maximum Gasteiger partial charge on any atom is 0.433 e. The molecule has 3 heterocycles. The number of fused-ring (bicyclic) bond motifs is 2. The Kier molecular flexibility index (Phi) is 6.05. The van der Waals surface area contributed by atoms with Crippen molar-refractivity contribution in [1.82, 2.24) is 19.5 Å². The lowest BCUT2D eigenvalue weighted by Crippen LogP contribution is -2.39. The van der Waals surface area contributed by atoms with E-state index in [2.05, 4.69) is 10.1 Å². The van der Waals surface area contributed by atoms with Crippen LogP contribution in [0.25, 0.3) is 16.9 Å². The zero-order valence-electron chi connectivity index (χ0n) is 20.8. The Labute approximate surface area is 211 Å². The summed E-state index contributed by atoms with van der Waals surface area (Å²) in [4.78, 5) is 19.8. The number of nitrogens with zero attached hydrogens (tertiary/aromatic N) is 4. The molecule has 0 saturated carbocycles. The Morgan fingerprint density at radius 2 is 1.73 bits per heavy atom. The molecular weight excluding hydrogens is 485 g/mol. The topological polar surface area (TPSA) is 69.0 Å². The number of ether oxygens (including phenoxy) is 2. The van der Waals surface area contributed by atoms with Gasteiger partial charge < -0.3 is 14.4 Å². The molecule has 2 aromatic carbocycles. The summed E-state index contributed by atoms with van der Waals surface area (Å²) in [5.41, 5.74) is 2.38. The van der Waals surface area contributed by atoms with Gasteiger partial charge in [-0.2, -0.15) is 18.3 Å². The number of hydrogen-bond donors (Lipinski definition) is 0. The summed E-state index contributed by atoms with van der Waals surface area (Å²) in [6.07, 6.45) is -2.98. The third kappa shape index (κ3) is 4.26. The van der Waals surface area contributed by atoms with E-state index in [1.54, 1.807) is 36.3 Å². The van der Waals surface area contributed by atoms with E-state index < -0.39 is 17.8 Å². The number of benzene rings is 2. The van der Waals surface area contributed by atoms with Gasteiger partial charge in [0, 0.05) is 12.1 Å². The molecule has 0 bridgehead atoms. The molecule has 0 radical (unpaired) electrons. The third-order valence-electron chi connectivity index (χ3n) is 6.79. The fraction of sp³-hybridized carbons (Fsp3) is 0.296. The van der Waals surface area contributed by atoms with Crippen molar-refractivity contribution in [1.29, 1.82) is 0 Å². The zero-order valence-corrected chi connectivity index (χ0v) is 20.8. The van der Waals surface area contributed by atoms with Crippen molar-refractivity contribution in [2.24, 2.45) is 0 Å². The molecule has 0 saturated heterocycles. The third-order valence-corrected chi connectivity index (χ3v) is 6.79. The molecule has 37 heavy (non-hydrogen) atoms. The first-order chi connectivity index (χ1) is 17.6. The lowest BCUT2D eigenvalue weighted by molar-refractivity contribution is -0.142. The highest BCUT2D eigenvalue weighted by atomic mass is 19.4. The number of methoxy groups -OCH3 is 2. The van der Waals surface area contributed by atoms with Crippen LogP contribution in [0.3, 0.4) is 0 Å². The molecular formula is C27H25F3N4O3. The van der Waals surface area contributed by atoms with E-state index >= 15 is 0 Å². The van der Waals surface area contributed by atoms with Crippen LogP contribution in [0.15, 0.2) is 48.7 Å². The molecule has 1 aliphatic heterocycles. The van der Waals surface area contributed by atoms with Crippen LogP contribution in [0.1, 0.15) is 45.7 Å². The molecule has 10 heteroatoms. The van der Waals surface area contributed by atoms with Crippen LogP contribution in [0.2, 0.25) is 0 Å². The molecule has 1 atom stereocenters. The molecule has 2 aromatic heterocycles. The highest BCUT2D eigenvalue weighted by molar-refractivity contribution is 6.00. The van der Waals surface area contributed by atoms with Crippen LogP contribution in [0, 0.1) is 6.92 Å². The molecule has 0 spiro atoms. The van der Waals surface area contributed by atoms with Crippen molar-refractivity contribution in [3.63, 3.8) is 0 Å². The van der Waals surface area contributed by atoms with Crippen molar-refractivity contribution >= 4 is 11.6 Å². The van der Waals surface area contributed by atoms with Gasteiger partial charge in [-0.3, -0.25) is 4.79 Å². The Morgan fingerprint density at radius 1 is 1.05 bits per heavy atom. The quantitative estimate of drug-likeness (QED) is 0.363. The van der Waals surface area contributed by atoms with Gasteiger partial charge in [0.2, 0.25) is 0 Å². The minimum absolute atomic E-state index is 0.00948. The predicted octanol–water partition coefficient (Wildman–Crippen LogP) is 5.50. The van der Waals surface area contributed by atoms with Crippen LogP contribution in [0.4, 0.5) is 13.2 Å². The molecule has 1 amide bonds. The summed E-state index contributed by atoms with van der Waals surface area (Å²) < 4.78 is 53.5. The molecule has 5 rings (SSSR count). The maximum absolute atomic E-state index is 14.0. The molecule has 192 valence electrons. The minimum atomic E-state index is -4.69. The smallest absolute Gasteiger partial charge is 0.433 e. The molecule has 4 aromatic rings. The van der Waals surface area contributed by atoms with E-state index in [4.69, 9.17) is 9.47 Å². The van der Waals surface area contributed by atoms with Crippen molar-refractivity contribution < 1.29 is 27.4 Å². The standard InChI is InChI=1S/C27H25F3N4O3/c1-15-5-7-17(8-6-15)21-13-24(27(28,29)30)34-25(32-21)20(14-31-34)26(35)33-10-9-18-11-22(36-3)23(37-4)12-19(18)16(33)2/h5-8,11-14,16H,9-10H2,1-4H3. The van der Waals surface area contributed by atoms with Gasteiger partial charge >= 0.3 is 6.18 Å². The highest BCUT2D eigenvalue weighted by Crippen LogP contribution is 2.39. The van der Waals surface area contributed by atoms with Crippen LogP contribution in [-0.4, -0.2) is 46.2 Å². The first kappa shape index (κ1) is 24.6. The Bertz CT molecular complexity index is 1500. The minimum Gasteiger partial charge on any atom is -0.493 e. The monoisotopic (exact) mass is 510 g/mol. The number of alkyl halides is 3. The van der Waals surface area contributed by atoms with Crippen molar-refractivity contribution in [3.8, 4) is 22.8 Å². The number of amides is 1. The lowest BCUT2D eigenvalue weighted by Gasteiger charge is -2.35. The summed E-state index contributed by atoms with van der Waals surface area (Å²) in [6, 6.07) is 11.3. The molecule has 0 fully saturated rings. The zero-order chi connectivity index (χ0) is 26.5. The lowest BCUT2D eigenvalue weighted by atomic mass is 9.92. The number of rotatable bonds is 4. The Morgan fingerprint density at radius 3 is 2.38 bits per heavy atom. The van der Waals surface area contributed by atoms with Crippen molar-refractivity contribution in [2.45, 2.75) is 32.5 Å². The second-order valence-electron chi connectivity index (χ2n) is 9.01. The number of aromatic nitrogens is 3. The van der Waals surface area contributed by atoms with Crippen molar-refractivity contribution in [3.05, 3.63) is 76.6 Å². The Hall–Kier alpha value is -4.08. The van der Waals surface area contributed by atoms with Gasteiger partial charge in [-0.15, -0.1) is 0 Å². The number of halogens is 3. The second kappa shape index (κ2) is 9.10. The van der Waals surface area contributed by atoms with E-state index in [1.165, 1.54) is 7.11 Å². The molecule has 1 unspecified atom stereocenters. The fourth-order valence-corrected chi connectivity index (χ4v) is 4.76. The summed E-state index contributed by atoms with van der Waals surface area (Å²) in [6.45, 7) is 4.14. The summed E-state index contributed by atoms with van der Waals surface area (Å²) in [5.74, 6) is 0.700. The number of hydrogen-bond acceptors (Lipinski definition) is 5. The first-order valence-electron chi connectivity index (χ1n) is 11.7. The van der Waals surface area contributed by atoms with Gasteiger partial charge in [0.25, 0.3) is 5.91 Å². The summed E-state index contributed by atoms with van der Waals surface area (Å²) >= 11 is 0. The number of aryl methyl sites for hydroxylation is 1. The molecule has 0 aliphatic carbocycles. The highest BCUT2D eigenvalue weighted by Gasteiger charge is 2.37. The van der Waals surface area contributed by atoms with Gasteiger partial charge in [0.15, 0.2) is 22.8 Å². The van der Waals surface area contributed by atoms with Crippen LogP contribution < -0.4 is 9.47 Å². The SMILES string of the molecule is COc1cc2c(cc1OC)C(C)N(C(=O)c1cnn3c(C(F)(F)F)cc(-c4ccc(C)cc4)nc13)CC2. The maximum atomic E-state index is 14.0. The average molecular weight is 511 g/mol. The van der Waals surface area contributed by atoms with E-state index in [1.807, 2.05) is 26.0 Å². The van der Waals surface area contributed by atoms with E-state index in [9.17, 15) is 18.0 Å². The van der Waals surface area contributed by atoms with E-state index in [-0.39, 0.29) is 22.9 Å². The summed E-state index contributed by atoms with van der Waals surface area (Å²) in [5, 5.41) is 3.92. The van der Waals surface area contributed by atoms with Gasteiger partial charge in [-0.25, -0.2) is 9.50 Å². The normalized spacial score (nSPS) is 15.5. The van der Waals surface area contributed by atoms with Gasteiger partial charge in [0.05, 0.1) is 32.2 Å². The van der Waals surface area contributed by atoms with Crippen LogP contribution in [-0.2, 0) is 12.6 Å². The van der Waals surface area contributed by atoms with Crippen LogP contribution >= 0.6 is 0 Å². The average Bonchev–Trinajstić information content (AvgIpc) is 3.31. The Balaban J connectivity index is 1.59. The van der Waals surface area contributed by atoms with Gasteiger partial charge in [0.1, 0.15) is 5.56 Å². The van der Waals surface area contributed by atoms with Crippen LogP contribution in [0.5, 0.6) is 11.5 Å². The molecule has 1 aliphatic rings. The number of carbonyl (C=O) groups excluding carboxylic acids is 1. The first-order valence-corrected chi connectivity index (χ1v) is 11.7. The number of carbonyl (C=O) groups is 1. The fourth-order valence-electron chi connectivity index (χ4n) is 4.76.